The third-order valence-corrected chi connectivity index (χ3v) is 2.63. The van der Waals surface area contributed by atoms with Crippen molar-refractivity contribution in [3.05, 3.63) is 0 Å². The highest BCUT2D eigenvalue weighted by Gasteiger charge is 2.24. The molecular formula is C11H19N5O. The van der Waals surface area contributed by atoms with E-state index >= 15 is 0 Å². The summed E-state index contributed by atoms with van der Waals surface area (Å²) in [5.74, 6) is 1.58. The zero-order valence-corrected chi connectivity index (χ0v) is 10.4. The van der Waals surface area contributed by atoms with Crippen LogP contribution in [0.2, 0.25) is 0 Å². The summed E-state index contributed by atoms with van der Waals surface area (Å²) in [4.78, 5) is 14.3. The van der Waals surface area contributed by atoms with Crippen molar-refractivity contribution in [1.29, 1.82) is 0 Å². The molecule has 0 saturated heterocycles. The SMILES string of the molecule is CCCOc1nc(N)nc(N(C)CC2CC2)n1. The van der Waals surface area contributed by atoms with Crippen LogP contribution in [0.5, 0.6) is 6.01 Å². The molecule has 2 N–H and O–H groups in total. The van der Waals surface area contributed by atoms with Gasteiger partial charge in [-0.1, -0.05) is 6.92 Å². The molecule has 94 valence electrons. The second kappa shape index (κ2) is 5.16. The number of ether oxygens (including phenoxy) is 1. The summed E-state index contributed by atoms with van der Waals surface area (Å²) in [5.41, 5.74) is 5.65. The minimum absolute atomic E-state index is 0.212. The van der Waals surface area contributed by atoms with Crippen LogP contribution in [0.15, 0.2) is 0 Å². The molecule has 1 heterocycles. The number of hydrogen-bond donors (Lipinski definition) is 1. The van der Waals surface area contributed by atoms with Crippen LogP contribution in [0.4, 0.5) is 11.9 Å². The van der Waals surface area contributed by atoms with Crippen LogP contribution < -0.4 is 15.4 Å². The van der Waals surface area contributed by atoms with Crippen molar-refractivity contribution < 1.29 is 4.74 Å². The van der Waals surface area contributed by atoms with E-state index < -0.39 is 0 Å². The Kier molecular flexibility index (Phi) is 3.61. The third-order valence-electron chi connectivity index (χ3n) is 2.63. The standard InChI is InChI=1S/C11H19N5O/c1-3-6-17-11-14-9(12)13-10(15-11)16(2)7-8-4-5-8/h8H,3-7H2,1-2H3,(H2,12,13,14,15). The van der Waals surface area contributed by atoms with Gasteiger partial charge < -0.3 is 15.4 Å². The molecule has 1 fully saturated rings. The van der Waals surface area contributed by atoms with E-state index in [0.717, 1.165) is 18.9 Å². The Labute approximate surface area is 101 Å². The van der Waals surface area contributed by atoms with Crippen molar-refractivity contribution in [2.45, 2.75) is 26.2 Å². The van der Waals surface area contributed by atoms with Crippen LogP contribution >= 0.6 is 0 Å². The van der Waals surface area contributed by atoms with E-state index in [1.165, 1.54) is 12.8 Å². The molecule has 0 bridgehead atoms. The van der Waals surface area contributed by atoms with E-state index in [-0.39, 0.29) is 5.95 Å². The van der Waals surface area contributed by atoms with Gasteiger partial charge in [0.15, 0.2) is 0 Å². The molecule has 0 atom stereocenters. The van der Waals surface area contributed by atoms with E-state index in [0.29, 0.717) is 18.6 Å². The fourth-order valence-electron chi connectivity index (χ4n) is 1.56. The lowest BCUT2D eigenvalue weighted by atomic mass is 10.4. The molecule has 1 aliphatic rings. The summed E-state index contributed by atoms with van der Waals surface area (Å²) in [5, 5.41) is 0. The van der Waals surface area contributed by atoms with Crippen molar-refractivity contribution in [3.8, 4) is 6.01 Å². The highest BCUT2D eigenvalue weighted by molar-refractivity contribution is 5.35. The zero-order valence-electron chi connectivity index (χ0n) is 10.4. The summed E-state index contributed by atoms with van der Waals surface area (Å²) in [6.07, 6.45) is 3.51. The summed E-state index contributed by atoms with van der Waals surface area (Å²) >= 11 is 0. The van der Waals surface area contributed by atoms with Gasteiger partial charge in [0.1, 0.15) is 0 Å². The lowest BCUT2D eigenvalue weighted by Gasteiger charge is -2.17. The van der Waals surface area contributed by atoms with Crippen molar-refractivity contribution in [2.24, 2.45) is 5.92 Å². The summed E-state index contributed by atoms with van der Waals surface area (Å²) < 4.78 is 5.38. The van der Waals surface area contributed by atoms with Crippen molar-refractivity contribution in [2.75, 3.05) is 30.8 Å². The minimum atomic E-state index is 0.212. The maximum Gasteiger partial charge on any atom is 0.323 e. The lowest BCUT2D eigenvalue weighted by Crippen LogP contribution is -2.23. The predicted molar refractivity (Wildman–Crippen MR) is 66.0 cm³/mol. The zero-order chi connectivity index (χ0) is 12.3. The van der Waals surface area contributed by atoms with Gasteiger partial charge in [0.25, 0.3) is 0 Å². The van der Waals surface area contributed by atoms with E-state index in [9.17, 15) is 0 Å². The second-order valence-electron chi connectivity index (χ2n) is 4.45. The van der Waals surface area contributed by atoms with Gasteiger partial charge in [-0.15, -0.1) is 0 Å². The smallest absolute Gasteiger partial charge is 0.323 e. The van der Waals surface area contributed by atoms with Crippen LogP contribution in [-0.4, -0.2) is 35.2 Å². The highest BCUT2D eigenvalue weighted by atomic mass is 16.5. The summed E-state index contributed by atoms with van der Waals surface area (Å²) in [6, 6.07) is 0.317. The normalized spacial score (nSPS) is 14.7. The molecule has 0 aliphatic heterocycles. The second-order valence-corrected chi connectivity index (χ2v) is 4.45. The van der Waals surface area contributed by atoms with E-state index in [2.05, 4.69) is 15.0 Å². The third kappa shape index (κ3) is 3.44. The molecule has 0 aromatic carbocycles. The molecule has 0 amide bonds. The van der Waals surface area contributed by atoms with Gasteiger partial charge in [-0.2, -0.15) is 15.0 Å². The van der Waals surface area contributed by atoms with Crippen molar-refractivity contribution in [3.63, 3.8) is 0 Å². The topological polar surface area (TPSA) is 77.2 Å². The maximum absolute atomic E-state index is 5.65. The molecule has 0 radical (unpaired) electrons. The molecule has 0 spiro atoms. The van der Waals surface area contributed by atoms with Gasteiger partial charge in [0.2, 0.25) is 11.9 Å². The highest BCUT2D eigenvalue weighted by Crippen LogP contribution is 2.30. The Morgan fingerprint density at radius 1 is 1.35 bits per heavy atom. The largest absolute Gasteiger partial charge is 0.463 e. The summed E-state index contributed by atoms with van der Waals surface area (Å²) in [6.45, 7) is 3.59. The first-order valence-corrected chi connectivity index (χ1v) is 6.04. The van der Waals surface area contributed by atoms with Crippen LogP contribution in [0.1, 0.15) is 26.2 Å². The minimum Gasteiger partial charge on any atom is -0.463 e. The fraction of sp³-hybridized carbons (Fsp3) is 0.727. The molecule has 2 rings (SSSR count). The molecule has 1 saturated carbocycles. The Morgan fingerprint density at radius 2 is 2.12 bits per heavy atom. The first-order chi connectivity index (χ1) is 8.19. The van der Waals surface area contributed by atoms with E-state index in [4.69, 9.17) is 10.5 Å². The number of anilines is 2. The van der Waals surface area contributed by atoms with Crippen molar-refractivity contribution >= 4 is 11.9 Å². The summed E-state index contributed by atoms with van der Waals surface area (Å²) in [7, 11) is 1.97. The van der Waals surface area contributed by atoms with Crippen LogP contribution in [0.3, 0.4) is 0 Å². The first kappa shape index (κ1) is 11.9. The lowest BCUT2D eigenvalue weighted by molar-refractivity contribution is 0.292. The van der Waals surface area contributed by atoms with Gasteiger partial charge in [-0.3, -0.25) is 0 Å². The first-order valence-electron chi connectivity index (χ1n) is 6.04. The fourth-order valence-corrected chi connectivity index (χ4v) is 1.56. The Balaban J connectivity index is 2.06. The molecule has 6 heteroatoms. The molecule has 17 heavy (non-hydrogen) atoms. The average Bonchev–Trinajstić information content (AvgIpc) is 3.09. The van der Waals surface area contributed by atoms with E-state index in [1.807, 2.05) is 18.9 Å². The number of nitrogens with two attached hydrogens (primary N) is 1. The number of nitrogen functional groups attached to an aromatic ring is 1. The van der Waals surface area contributed by atoms with Crippen LogP contribution in [-0.2, 0) is 0 Å². The molecule has 1 aliphatic carbocycles. The van der Waals surface area contributed by atoms with Gasteiger partial charge in [0.05, 0.1) is 6.61 Å². The molecule has 6 nitrogen and oxygen atoms in total. The Bertz CT molecular complexity index is 380. The number of rotatable bonds is 6. The monoisotopic (exact) mass is 237 g/mol. The number of nitrogens with zero attached hydrogens (tertiary/aromatic N) is 4. The molecule has 1 aromatic heterocycles. The Hall–Kier alpha value is -1.59. The van der Waals surface area contributed by atoms with Gasteiger partial charge in [-0.25, -0.2) is 0 Å². The Morgan fingerprint density at radius 3 is 2.76 bits per heavy atom. The molecule has 0 unspecified atom stereocenters. The van der Waals surface area contributed by atoms with E-state index in [1.54, 1.807) is 0 Å². The number of aromatic nitrogens is 3. The van der Waals surface area contributed by atoms with Gasteiger partial charge >= 0.3 is 6.01 Å². The maximum atomic E-state index is 5.65. The van der Waals surface area contributed by atoms with Crippen LogP contribution in [0, 0.1) is 5.92 Å². The predicted octanol–water partition coefficient (Wildman–Crippen LogP) is 1.09. The van der Waals surface area contributed by atoms with Gasteiger partial charge in [-0.05, 0) is 25.2 Å². The van der Waals surface area contributed by atoms with Gasteiger partial charge in [0, 0.05) is 13.6 Å². The molecule has 1 aromatic rings. The van der Waals surface area contributed by atoms with Crippen molar-refractivity contribution in [1.82, 2.24) is 15.0 Å². The quantitative estimate of drug-likeness (QED) is 0.798. The van der Waals surface area contributed by atoms with Crippen LogP contribution in [0.25, 0.3) is 0 Å². The average molecular weight is 237 g/mol. The number of hydrogen-bond acceptors (Lipinski definition) is 6. The molecular weight excluding hydrogens is 218 g/mol.